The van der Waals surface area contributed by atoms with Gasteiger partial charge in [0.05, 0.1) is 18.9 Å². The molecule has 0 amide bonds. The molecule has 5 heteroatoms. The Balaban J connectivity index is 1.91. The molecule has 5 nitrogen and oxygen atoms in total. The van der Waals surface area contributed by atoms with Crippen LogP contribution in [0.25, 0.3) is 11.3 Å². The third-order valence-corrected chi connectivity index (χ3v) is 3.73. The quantitative estimate of drug-likeness (QED) is 0.938. The molecular weight excluding hydrogens is 268 g/mol. The van der Waals surface area contributed by atoms with Gasteiger partial charge in [-0.3, -0.25) is 4.79 Å². The van der Waals surface area contributed by atoms with Gasteiger partial charge in [0.15, 0.2) is 11.5 Å². The van der Waals surface area contributed by atoms with Gasteiger partial charge in [-0.15, -0.1) is 0 Å². The van der Waals surface area contributed by atoms with Crippen molar-refractivity contribution in [3.63, 3.8) is 0 Å². The van der Waals surface area contributed by atoms with Crippen LogP contribution in [-0.2, 0) is 0 Å². The Bertz CT molecular complexity index is 655. The highest BCUT2D eigenvalue weighted by Gasteiger charge is 2.19. The summed E-state index contributed by atoms with van der Waals surface area (Å²) < 4.78 is 11.4. The normalized spacial score (nSPS) is 15.1. The second kappa shape index (κ2) is 5.99. The summed E-state index contributed by atoms with van der Waals surface area (Å²) in [6.07, 6.45) is 4.87. The average molecular weight is 286 g/mol. The van der Waals surface area contributed by atoms with Crippen molar-refractivity contribution in [2.24, 2.45) is 0 Å². The minimum Gasteiger partial charge on any atom is -0.493 e. The van der Waals surface area contributed by atoms with Gasteiger partial charge in [-0.2, -0.15) is 5.10 Å². The lowest BCUT2D eigenvalue weighted by Gasteiger charge is -2.16. The zero-order valence-corrected chi connectivity index (χ0v) is 12.0. The summed E-state index contributed by atoms with van der Waals surface area (Å²) in [5.41, 5.74) is 1.38. The van der Waals surface area contributed by atoms with Gasteiger partial charge in [-0.05, 0) is 49.9 Å². The van der Waals surface area contributed by atoms with E-state index in [9.17, 15) is 4.79 Å². The van der Waals surface area contributed by atoms with E-state index in [4.69, 9.17) is 9.47 Å². The number of hydrogen-bond acceptors (Lipinski definition) is 4. The molecule has 1 fully saturated rings. The van der Waals surface area contributed by atoms with Gasteiger partial charge in [-0.25, -0.2) is 5.10 Å². The van der Waals surface area contributed by atoms with Crippen molar-refractivity contribution in [2.75, 3.05) is 7.11 Å². The SMILES string of the molecule is COc1ccc(-c2ccc(=O)[nH]n2)cc1OC1CCCC1. The fourth-order valence-electron chi connectivity index (χ4n) is 2.62. The maximum Gasteiger partial charge on any atom is 0.264 e. The van der Waals surface area contributed by atoms with E-state index in [1.165, 1.54) is 18.9 Å². The first-order valence-electron chi connectivity index (χ1n) is 7.17. The lowest BCUT2D eigenvalue weighted by Crippen LogP contribution is -2.11. The van der Waals surface area contributed by atoms with E-state index in [1.54, 1.807) is 13.2 Å². The monoisotopic (exact) mass is 286 g/mol. The van der Waals surface area contributed by atoms with Crippen LogP contribution >= 0.6 is 0 Å². The summed E-state index contributed by atoms with van der Waals surface area (Å²) in [5, 5.41) is 6.48. The molecule has 0 spiro atoms. The van der Waals surface area contributed by atoms with E-state index in [1.807, 2.05) is 18.2 Å². The number of benzene rings is 1. The van der Waals surface area contributed by atoms with Gasteiger partial charge < -0.3 is 9.47 Å². The zero-order chi connectivity index (χ0) is 14.7. The Morgan fingerprint density at radius 3 is 2.62 bits per heavy atom. The van der Waals surface area contributed by atoms with E-state index in [2.05, 4.69) is 10.2 Å². The molecule has 0 atom stereocenters. The predicted molar refractivity (Wildman–Crippen MR) is 79.7 cm³/mol. The average Bonchev–Trinajstić information content (AvgIpc) is 3.01. The van der Waals surface area contributed by atoms with Crippen LogP contribution in [0.3, 0.4) is 0 Å². The molecule has 1 aromatic carbocycles. The van der Waals surface area contributed by atoms with Crippen LogP contribution < -0.4 is 15.0 Å². The second-order valence-electron chi connectivity index (χ2n) is 5.20. The number of aromatic nitrogens is 2. The van der Waals surface area contributed by atoms with Gasteiger partial charge in [0.2, 0.25) is 0 Å². The maximum atomic E-state index is 11.1. The van der Waals surface area contributed by atoms with Crippen LogP contribution in [0.5, 0.6) is 11.5 Å². The zero-order valence-electron chi connectivity index (χ0n) is 12.0. The first kappa shape index (κ1) is 13.7. The molecule has 110 valence electrons. The Kier molecular flexibility index (Phi) is 3.90. The summed E-state index contributed by atoms with van der Waals surface area (Å²) in [5.74, 6) is 1.45. The number of methoxy groups -OCH3 is 1. The number of nitrogens with one attached hydrogen (secondary N) is 1. The molecule has 0 unspecified atom stereocenters. The molecule has 0 bridgehead atoms. The van der Waals surface area contributed by atoms with Gasteiger partial charge in [0, 0.05) is 11.6 Å². The van der Waals surface area contributed by atoms with Crippen molar-refractivity contribution >= 4 is 0 Å². The largest absolute Gasteiger partial charge is 0.493 e. The number of H-pyrrole nitrogens is 1. The third-order valence-electron chi connectivity index (χ3n) is 3.73. The van der Waals surface area contributed by atoms with Gasteiger partial charge >= 0.3 is 0 Å². The molecule has 2 aromatic rings. The van der Waals surface area contributed by atoms with Crippen molar-refractivity contribution in [3.8, 4) is 22.8 Å². The Morgan fingerprint density at radius 1 is 1.14 bits per heavy atom. The van der Waals surface area contributed by atoms with E-state index < -0.39 is 0 Å². The number of hydrogen-bond donors (Lipinski definition) is 1. The highest BCUT2D eigenvalue weighted by molar-refractivity contribution is 5.63. The maximum absolute atomic E-state index is 11.1. The fourth-order valence-corrected chi connectivity index (χ4v) is 2.62. The number of rotatable bonds is 4. The van der Waals surface area contributed by atoms with Gasteiger partial charge in [-0.1, -0.05) is 0 Å². The minimum atomic E-state index is -0.213. The molecule has 0 radical (unpaired) electrons. The summed E-state index contributed by atoms with van der Waals surface area (Å²) in [6.45, 7) is 0. The molecule has 1 N–H and O–H groups in total. The predicted octanol–water partition coefficient (Wildman–Crippen LogP) is 2.77. The highest BCUT2D eigenvalue weighted by Crippen LogP contribution is 2.34. The lowest BCUT2D eigenvalue weighted by atomic mass is 10.1. The Hall–Kier alpha value is -2.30. The number of ether oxygens (including phenoxy) is 2. The molecule has 1 aliphatic rings. The van der Waals surface area contributed by atoms with E-state index >= 15 is 0 Å². The molecule has 21 heavy (non-hydrogen) atoms. The van der Waals surface area contributed by atoms with Crippen LogP contribution in [0.2, 0.25) is 0 Å². The van der Waals surface area contributed by atoms with Gasteiger partial charge in [0.25, 0.3) is 5.56 Å². The topological polar surface area (TPSA) is 64.2 Å². The molecular formula is C16H18N2O3. The van der Waals surface area contributed by atoms with Crippen molar-refractivity contribution in [1.82, 2.24) is 10.2 Å². The third kappa shape index (κ3) is 3.07. The minimum absolute atomic E-state index is 0.213. The first-order valence-corrected chi connectivity index (χ1v) is 7.17. The van der Waals surface area contributed by atoms with Crippen LogP contribution in [-0.4, -0.2) is 23.4 Å². The standard InChI is InChI=1S/C16H18N2O3/c1-20-14-8-6-11(13-7-9-16(19)18-17-13)10-15(14)21-12-4-2-3-5-12/h6-10,12H,2-5H2,1H3,(H,18,19). The summed E-state index contributed by atoms with van der Waals surface area (Å²) in [4.78, 5) is 11.1. The second-order valence-corrected chi connectivity index (χ2v) is 5.20. The van der Waals surface area contributed by atoms with Crippen molar-refractivity contribution in [3.05, 3.63) is 40.7 Å². The van der Waals surface area contributed by atoms with Gasteiger partial charge in [0.1, 0.15) is 0 Å². The van der Waals surface area contributed by atoms with Crippen LogP contribution in [0, 0.1) is 0 Å². The smallest absolute Gasteiger partial charge is 0.264 e. The fraction of sp³-hybridized carbons (Fsp3) is 0.375. The summed E-state index contributed by atoms with van der Waals surface area (Å²) in [6, 6.07) is 8.84. The molecule has 0 aliphatic heterocycles. The first-order chi connectivity index (χ1) is 10.3. The Morgan fingerprint density at radius 2 is 1.95 bits per heavy atom. The van der Waals surface area contributed by atoms with Crippen molar-refractivity contribution < 1.29 is 9.47 Å². The molecule has 1 aromatic heterocycles. The van der Waals surface area contributed by atoms with E-state index in [0.29, 0.717) is 5.69 Å². The van der Waals surface area contributed by atoms with Crippen molar-refractivity contribution in [1.29, 1.82) is 0 Å². The van der Waals surface area contributed by atoms with Crippen LogP contribution in [0.15, 0.2) is 35.1 Å². The Labute approximate surface area is 122 Å². The molecule has 0 saturated heterocycles. The summed E-state index contributed by atoms with van der Waals surface area (Å²) in [7, 11) is 1.63. The highest BCUT2D eigenvalue weighted by atomic mass is 16.5. The van der Waals surface area contributed by atoms with Crippen molar-refractivity contribution in [2.45, 2.75) is 31.8 Å². The number of aromatic amines is 1. The molecule has 1 heterocycles. The van der Waals surface area contributed by atoms with E-state index in [-0.39, 0.29) is 11.7 Å². The number of nitrogens with zero attached hydrogens (tertiary/aromatic N) is 1. The molecule has 3 rings (SSSR count). The molecule has 1 saturated carbocycles. The molecule has 1 aliphatic carbocycles. The van der Waals surface area contributed by atoms with Crippen LogP contribution in [0.1, 0.15) is 25.7 Å². The lowest BCUT2D eigenvalue weighted by molar-refractivity contribution is 0.201. The van der Waals surface area contributed by atoms with Crippen LogP contribution in [0.4, 0.5) is 0 Å². The summed E-state index contributed by atoms with van der Waals surface area (Å²) >= 11 is 0. The van der Waals surface area contributed by atoms with E-state index in [0.717, 1.165) is 29.9 Å².